The molecule has 1 aromatic carbocycles. The Bertz CT molecular complexity index is 675. The number of nitrogens with zero attached hydrogens (tertiary/aromatic N) is 2. The summed E-state index contributed by atoms with van der Waals surface area (Å²) in [4.78, 5) is 2.12. The minimum absolute atomic E-state index is 0.146. The average Bonchev–Trinajstić information content (AvgIpc) is 2.86. The van der Waals surface area contributed by atoms with Crippen LogP contribution in [0.2, 0.25) is 0 Å². The molecule has 1 atom stereocenters. The van der Waals surface area contributed by atoms with Crippen molar-refractivity contribution in [3.63, 3.8) is 0 Å². The van der Waals surface area contributed by atoms with Crippen molar-refractivity contribution < 1.29 is 12.8 Å². The molecule has 122 valence electrons. The fourth-order valence-electron chi connectivity index (χ4n) is 3.66. The van der Waals surface area contributed by atoms with Gasteiger partial charge in [0.2, 0.25) is 10.0 Å². The van der Waals surface area contributed by atoms with E-state index >= 15 is 0 Å². The minimum Gasteiger partial charge on any atom is -0.369 e. The SMILES string of the molecule is Cc1cc(F)c2c(c1)CCCN2CC1CCN(S(C)(=O)=O)C1. The van der Waals surface area contributed by atoms with Crippen LogP contribution in [0.1, 0.15) is 24.0 Å². The Morgan fingerprint density at radius 3 is 2.77 bits per heavy atom. The Kier molecular flexibility index (Phi) is 4.16. The smallest absolute Gasteiger partial charge is 0.211 e. The van der Waals surface area contributed by atoms with Gasteiger partial charge in [0.05, 0.1) is 11.9 Å². The molecule has 1 saturated heterocycles. The molecule has 2 aliphatic heterocycles. The molecule has 2 aliphatic rings. The van der Waals surface area contributed by atoms with Gasteiger partial charge in [-0.1, -0.05) is 6.07 Å². The van der Waals surface area contributed by atoms with Crippen molar-refractivity contribution in [3.05, 3.63) is 29.1 Å². The van der Waals surface area contributed by atoms with Crippen molar-refractivity contribution >= 4 is 15.7 Å². The zero-order valence-electron chi connectivity index (χ0n) is 13.2. The van der Waals surface area contributed by atoms with Crippen molar-refractivity contribution in [1.29, 1.82) is 0 Å². The summed E-state index contributed by atoms with van der Waals surface area (Å²) in [6.07, 6.45) is 4.06. The van der Waals surface area contributed by atoms with Crippen LogP contribution in [-0.4, -0.2) is 45.2 Å². The standard InChI is InChI=1S/C16H23FN2O2S/c1-12-8-14-4-3-6-18(16(14)15(17)9-12)10-13-5-7-19(11-13)22(2,20)21/h8-9,13H,3-7,10-11H2,1-2H3. The molecule has 0 aromatic heterocycles. The van der Waals surface area contributed by atoms with E-state index in [0.717, 1.165) is 49.2 Å². The van der Waals surface area contributed by atoms with Gasteiger partial charge in [-0.25, -0.2) is 17.1 Å². The summed E-state index contributed by atoms with van der Waals surface area (Å²) < 4.78 is 39.1. The highest BCUT2D eigenvalue weighted by molar-refractivity contribution is 7.88. The van der Waals surface area contributed by atoms with Gasteiger partial charge in [0.1, 0.15) is 5.82 Å². The van der Waals surface area contributed by atoms with E-state index in [9.17, 15) is 12.8 Å². The Hall–Kier alpha value is -1.14. The number of fused-ring (bicyclic) bond motifs is 1. The Morgan fingerprint density at radius 1 is 1.32 bits per heavy atom. The molecule has 1 aromatic rings. The van der Waals surface area contributed by atoms with Crippen molar-refractivity contribution in [2.24, 2.45) is 5.92 Å². The second-order valence-electron chi connectivity index (χ2n) is 6.58. The molecular weight excluding hydrogens is 303 g/mol. The zero-order chi connectivity index (χ0) is 15.9. The van der Waals surface area contributed by atoms with E-state index in [0.29, 0.717) is 13.1 Å². The molecule has 0 radical (unpaired) electrons. The highest BCUT2D eigenvalue weighted by atomic mass is 32.2. The molecule has 22 heavy (non-hydrogen) atoms. The van der Waals surface area contributed by atoms with Gasteiger partial charge in [-0.2, -0.15) is 0 Å². The molecule has 3 rings (SSSR count). The first-order valence-electron chi connectivity index (χ1n) is 7.83. The normalized spacial score (nSPS) is 22.9. The molecule has 0 saturated carbocycles. The van der Waals surface area contributed by atoms with E-state index in [1.54, 1.807) is 6.07 Å². The van der Waals surface area contributed by atoms with E-state index in [4.69, 9.17) is 0 Å². The number of rotatable bonds is 3. The van der Waals surface area contributed by atoms with E-state index < -0.39 is 10.0 Å². The lowest BCUT2D eigenvalue weighted by atomic mass is 9.97. The largest absolute Gasteiger partial charge is 0.369 e. The summed E-state index contributed by atoms with van der Waals surface area (Å²) in [6.45, 7) is 4.64. The van der Waals surface area contributed by atoms with Crippen LogP contribution in [0.4, 0.5) is 10.1 Å². The Morgan fingerprint density at radius 2 is 2.09 bits per heavy atom. The zero-order valence-corrected chi connectivity index (χ0v) is 14.0. The predicted octanol–water partition coefficient (Wildman–Crippen LogP) is 2.17. The molecule has 6 heteroatoms. The summed E-state index contributed by atoms with van der Waals surface area (Å²) in [5.41, 5.74) is 2.78. The molecule has 1 fully saturated rings. The lowest BCUT2D eigenvalue weighted by molar-refractivity contribution is 0.455. The minimum atomic E-state index is -3.11. The molecular formula is C16H23FN2O2S. The van der Waals surface area contributed by atoms with Crippen LogP contribution >= 0.6 is 0 Å². The fourth-order valence-corrected chi connectivity index (χ4v) is 4.58. The number of anilines is 1. The van der Waals surface area contributed by atoms with Crippen molar-refractivity contribution in [2.45, 2.75) is 26.2 Å². The number of aryl methyl sites for hydroxylation is 2. The summed E-state index contributed by atoms with van der Waals surface area (Å²) in [5, 5.41) is 0. The highest BCUT2D eigenvalue weighted by Gasteiger charge is 2.31. The number of hydrogen-bond acceptors (Lipinski definition) is 3. The van der Waals surface area contributed by atoms with Gasteiger partial charge < -0.3 is 4.90 Å². The maximum Gasteiger partial charge on any atom is 0.211 e. The van der Waals surface area contributed by atoms with Crippen molar-refractivity contribution in [2.75, 3.05) is 37.3 Å². The molecule has 0 N–H and O–H groups in total. The third-order valence-electron chi connectivity index (χ3n) is 4.67. The number of halogens is 1. The first-order chi connectivity index (χ1) is 10.3. The Balaban J connectivity index is 1.76. The quantitative estimate of drug-likeness (QED) is 0.855. The van der Waals surface area contributed by atoms with Gasteiger partial charge >= 0.3 is 0 Å². The van der Waals surface area contributed by atoms with Gasteiger partial charge in [0.15, 0.2) is 0 Å². The first kappa shape index (κ1) is 15.7. The summed E-state index contributed by atoms with van der Waals surface area (Å²) in [7, 11) is -3.11. The van der Waals surface area contributed by atoms with Gasteiger partial charge in [-0.15, -0.1) is 0 Å². The fraction of sp³-hybridized carbons (Fsp3) is 0.625. The molecule has 1 unspecified atom stereocenters. The number of hydrogen-bond donors (Lipinski definition) is 0. The third-order valence-corrected chi connectivity index (χ3v) is 5.94. The molecule has 4 nitrogen and oxygen atoms in total. The van der Waals surface area contributed by atoms with Crippen LogP contribution < -0.4 is 4.90 Å². The van der Waals surface area contributed by atoms with E-state index in [1.807, 2.05) is 6.92 Å². The van der Waals surface area contributed by atoms with E-state index in [1.165, 1.54) is 10.6 Å². The lowest BCUT2D eigenvalue weighted by Gasteiger charge is -2.33. The Labute approximate surface area is 132 Å². The monoisotopic (exact) mass is 326 g/mol. The summed E-state index contributed by atoms with van der Waals surface area (Å²) >= 11 is 0. The molecule has 0 bridgehead atoms. The predicted molar refractivity (Wildman–Crippen MR) is 86.2 cm³/mol. The highest BCUT2D eigenvalue weighted by Crippen LogP contribution is 2.33. The van der Waals surface area contributed by atoms with Crippen molar-refractivity contribution in [1.82, 2.24) is 4.31 Å². The second kappa shape index (κ2) is 5.81. The third kappa shape index (κ3) is 3.13. The van der Waals surface area contributed by atoms with Gasteiger partial charge in [0.25, 0.3) is 0 Å². The average molecular weight is 326 g/mol. The molecule has 2 heterocycles. The van der Waals surface area contributed by atoms with Crippen LogP contribution in [0, 0.1) is 18.7 Å². The maximum atomic E-state index is 14.4. The van der Waals surface area contributed by atoms with E-state index in [2.05, 4.69) is 11.0 Å². The van der Waals surface area contributed by atoms with Crippen LogP contribution in [0.15, 0.2) is 12.1 Å². The van der Waals surface area contributed by atoms with Crippen LogP contribution in [-0.2, 0) is 16.4 Å². The van der Waals surface area contributed by atoms with Crippen LogP contribution in [0.3, 0.4) is 0 Å². The number of benzene rings is 1. The molecule has 0 spiro atoms. The topological polar surface area (TPSA) is 40.6 Å². The lowest BCUT2D eigenvalue weighted by Crippen LogP contribution is -2.36. The molecule has 0 amide bonds. The van der Waals surface area contributed by atoms with Crippen LogP contribution in [0.5, 0.6) is 0 Å². The van der Waals surface area contributed by atoms with Gasteiger partial charge in [0, 0.05) is 26.2 Å². The maximum absolute atomic E-state index is 14.4. The van der Waals surface area contributed by atoms with Gasteiger partial charge in [-0.3, -0.25) is 0 Å². The summed E-state index contributed by atoms with van der Waals surface area (Å²) in [6, 6.07) is 3.66. The second-order valence-corrected chi connectivity index (χ2v) is 8.56. The van der Waals surface area contributed by atoms with E-state index in [-0.39, 0.29) is 11.7 Å². The van der Waals surface area contributed by atoms with Crippen LogP contribution in [0.25, 0.3) is 0 Å². The van der Waals surface area contributed by atoms with Crippen molar-refractivity contribution in [3.8, 4) is 0 Å². The van der Waals surface area contributed by atoms with Gasteiger partial charge in [-0.05, 0) is 49.3 Å². The first-order valence-corrected chi connectivity index (χ1v) is 9.68. The number of sulfonamides is 1. The molecule has 0 aliphatic carbocycles. The summed E-state index contributed by atoms with van der Waals surface area (Å²) in [5.74, 6) is 0.133.